The minimum absolute atomic E-state index is 0.213. The van der Waals surface area contributed by atoms with Gasteiger partial charge in [0, 0.05) is 6.54 Å². The lowest BCUT2D eigenvalue weighted by Crippen LogP contribution is -2.33. The number of benzene rings is 1. The topological polar surface area (TPSA) is 24.5 Å². The molecule has 1 fully saturated rings. The first-order chi connectivity index (χ1) is 9.15. The second-order valence-electron chi connectivity index (χ2n) is 5.00. The molecule has 3 nitrogen and oxygen atoms in total. The predicted molar refractivity (Wildman–Crippen MR) is 71.8 cm³/mol. The smallest absolute Gasteiger partial charge is 0.387 e. The molecule has 1 saturated heterocycles. The lowest BCUT2D eigenvalue weighted by Gasteiger charge is -2.29. The minimum atomic E-state index is -2.79. The number of alkyl halides is 2. The van der Waals surface area contributed by atoms with Crippen molar-refractivity contribution in [3.63, 3.8) is 0 Å². The maximum Gasteiger partial charge on any atom is 0.387 e. The van der Waals surface area contributed by atoms with Gasteiger partial charge in [-0.1, -0.05) is 12.1 Å². The number of hydrogen-bond acceptors (Lipinski definition) is 3. The van der Waals surface area contributed by atoms with E-state index in [9.17, 15) is 8.78 Å². The molecule has 0 saturated carbocycles. The van der Waals surface area contributed by atoms with Gasteiger partial charge in [0.15, 0.2) is 0 Å². The summed E-state index contributed by atoms with van der Waals surface area (Å²) >= 11 is 0. The van der Waals surface area contributed by atoms with E-state index in [1.165, 1.54) is 0 Å². The average molecular weight is 270 g/mol. The molecule has 1 aliphatic heterocycles. The molecule has 5 heteroatoms. The molecular formula is C14H20F2N2O. The van der Waals surface area contributed by atoms with Crippen molar-refractivity contribution in [1.29, 1.82) is 0 Å². The minimum Gasteiger partial charge on any atom is -0.433 e. The van der Waals surface area contributed by atoms with Gasteiger partial charge in [0.05, 0.1) is 5.69 Å². The van der Waals surface area contributed by atoms with Gasteiger partial charge in [-0.3, -0.25) is 0 Å². The third-order valence-corrected chi connectivity index (χ3v) is 3.52. The molecule has 0 unspecified atom stereocenters. The maximum absolute atomic E-state index is 12.3. The fourth-order valence-electron chi connectivity index (χ4n) is 2.33. The normalized spacial score (nSPS) is 17.7. The van der Waals surface area contributed by atoms with Crippen molar-refractivity contribution in [1.82, 2.24) is 4.90 Å². The van der Waals surface area contributed by atoms with Crippen molar-refractivity contribution in [2.45, 2.75) is 19.5 Å². The van der Waals surface area contributed by atoms with Gasteiger partial charge >= 0.3 is 6.61 Å². The largest absolute Gasteiger partial charge is 0.433 e. The molecule has 2 rings (SSSR count). The van der Waals surface area contributed by atoms with Gasteiger partial charge in [-0.25, -0.2) is 0 Å². The Morgan fingerprint density at radius 1 is 1.32 bits per heavy atom. The van der Waals surface area contributed by atoms with Crippen LogP contribution in [0, 0.1) is 5.92 Å². The summed E-state index contributed by atoms with van der Waals surface area (Å²) in [5, 5.41) is 3.23. The van der Waals surface area contributed by atoms with Crippen molar-refractivity contribution in [2.75, 3.05) is 32.0 Å². The molecule has 0 radical (unpaired) electrons. The van der Waals surface area contributed by atoms with Crippen LogP contribution in [0.4, 0.5) is 14.5 Å². The third kappa shape index (κ3) is 4.35. The van der Waals surface area contributed by atoms with Gasteiger partial charge in [0.1, 0.15) is 5.75 Å². The van der Waals surface area contributed by atoms with E-state index < -0.39 is 6.61 Å². The van der Waals surface area contributed by atoms with Crippen LogP contribution >= 0.6 is 0 Å². The molecule has 106 valence electrons. The quantitative estimate of drug-likeness (QED) is 0.890. The molecule has 0 aromatic heterocycles. The highest BCUT2D eigenvalue weighted by molar-refractivity contribution is 5.56. The molecule has 0 aliphatic carbocycles. The molecule has 0 atom stereocenters. The molecule has 1 N–H and O–H groups in total. The number of hydrogen-bond donors (Lipinski definition) is 1. The van der Waals surface area contributed by atoms with Gasteiger partial charge in [0.2, 0.25) is 0 Å². The number of anilines is 1. The van der Waals surface area contributed by atoms with Crippen molar-refractivity contribution >= 4 is 5.69 Å². The summed E-state index contributed by atoms with van der Waals surface area (Å²) in [7, 11) is 2.12. The van der Waals surface area contributed by atoms with Crippen LogP contribution in [-0.2, 0) is 0 Å². The fraction of sp³-hybridized carbons (Fsp3) is 0.571. The molecule has 0 amide bonds. The van der Waals surface area contributed by atoms with Gasteiger partial charge in [-0.15, -0.1) is 0 Å². The van der Waals surface area contributed by atoms with E-state index >= 15 is 0 Å². The molecule has 1 heterocycles. The highest BCUT2D eigenvalue weighted by Gasteiger charge is 2.17. The Labute approximate surface area is 112 Å². The summed E-state index contributed by atoms with van der Waals surface area (Å²) in [6.07, 6.45) is 2.28. The van der Waals surface area contributed by atoms with E-state index in [2.05, 4.69) is 22.0 Å². The number of rotatable bonds is 5. The van der Waals surface area contributed by atoms with Crippen LogP contribution in [0.25, 0.3) is 0 Å². The number of nitrogens with zero attached hydrogens (tertiary/aromatic N) is 1. The summed E-state index contributed by atoms with van der Waals surface area (Å²) in [6, 6.07) is 6.84. The number of likely N-dealkylation sites (tertiary alicyclic amines) is 1. The number of ether oxygens (including phenoxy) is 1. The molecule has 0 spiro atoms. The first kappa shape index (κ1) is 14.1. The lowest BCUT2D eigenvalue weighted by molar-refractivity contribution is -0.0493. The molecular weight excluding hydrogens is 250 g/mol. The second kappa shape index (κ2) is 6.70. The number of piperidine rings is 1. The zero-order chi connectivity index (χ0) is 13.7. The highest BCUT2D eigenvalue weighted by Crippen LogP contribution is 2.26. The number of halogens is 2. The Hall–Kier alpha value is -1.36. The molecule has 1 aromatic rings. The van der Waals surface area contributed by atoms with Crippen LogP contribution in [0.2, 0.25) is 0 Å². The van der Waals surface area contributed by atoms with E-state index in [-0.39, 0.29) is 5.75 Å². The average Bonchev–Trinajstić information content (AvgIpc) is 2.39. The van der Waals surface area contributed by atoms with E-state index in [4.69, 9.17) is 0 Å². The maximum atomic E-state index is 12.3. The van der Waals surface area contributed by atoms with Crippen molar-refractivity contribution in [3.05, 3.63) is 24.3 Å². The molecule has 1 aromatic carbocycles. The monoisotopic (exact) mass is 270 g/mol. The SMILES string of the molecule is CN1CCC(CNc2ccccc2OC(F)F)CC1. The summed E-state index contributed by atoms with van der Waals surface area (Å²) < 4.78 is 29.1. The van der Waals surface area contributed by atoms with E-state index in [1.54, 1.807) is 18.2 Å². The summed E-state index contributed by atoms with van der Waals surface area (Å²) in [5.74, 6) is 0.807. The van der Waals surface area contributed by atoms with Gasteiger partial charge < -0.3 is 15.0 Å². The number of nitrogens with one attached hydrogen (secondary N) is 1. The van der Waals surface area contributed by atoms with E-state index in [0.717, 1.165) is 32.5 Å². The fourth-order valence-corrected chi connectivity index (χ4v) is 2.33. The highest BCUT2D eigenvalue weighted by atomic mass is 19.3. The predicted octanol–water partition coefficient (Wildman–Crippen LogP) is 3.04. The Bertz CT molecular complexity index is 393. The Morgan fingerprint density at radius 3 is 2.68 bits per heavy atom. The van der Waals surface area contributed by atoms with Crippen molar-refractivity contribution in [3.8, 4) is 5.75 Å². The molecule has 1 aliphatic rings. The number of para-hydroxylation sites is 2. The third-order valence-electron chi connectivity index (χ3n) is 3.52. The lowest BCUT2D eigenvalue weighted by atomic mass is 9.97. The van der Waals surface area contributed by atoms with Gasteiger partial charge in [-0.2, -0.15) is 8.78 Å². The summed E-state index contributed by atoms with van der Waals surface area (Å²) in [4.78, 5) is 2.31. The Kier molecular flexibility index (Phi) is 4.96. The molecule has 19 heavy (non-hydrogen) atoms. The van der Waals surface area contributed by atoms with Crippen molar-refractivity contribution in [2.24, 2.45) is 5.92 Å². The van der Waals surface area contributed by atoms with Gasteiger partial charge in [-0.05, 0) is 51.0 Å². The van der Waals surface area contributed by atoms with Crippen molar-refractivity contribution < 1.29 is 13.5 Å². The zero-order valence-corrected chi connectivity index (χ0v) is 11.1. The van der Waals surface area contributed by atoms with E-state index in [1.807, 2.05) is 6.07 Å². The summed E-state index contributed by atoms with van der Waals surface area (Å²) in [6.45, 7) is 0.215. The van der Waals surface area contributed by atoms with Crippen LogP contribution in [-0.4, -0.2) is 38.2 Å². The van der Waals surface area contributed by atoms with Crippen LogP contribution in [0.5, 0.6) is 5.75 Å². The summed E-state index contributed by atoms with van der Waals surface area (Å²) in [5.41, 5.74) is 0.640. The van der Waals surface area contributed by atoms with Crippen LogP contribution in [0.1, 0.15) is 12.8 Å². The van der Waals surface area contributed by atoms with E-state index in [0.29, 0.717) is 11.6 Å². The van der Waals surface area contributed by atoms with Gasteiger partial charge in [0.25, 0.3) is 0 Å². The molecule has 0 bridgehead atoms. The van der Waals surface area contributed by atoms with Crippen LogP contribution in [0.3, 0.4) is 0 Å². The Morgan fingerprint density at radius 2 is 2.00 bits per heavy atom. The standard InChI is InChI=1S/C14H20F2N2O/c1-18-8-6-11(7-9-18)10-17-12-4-2-3-5-13(12)19-14(15)16/h2-5,11,14,17H,6-10H2,1H3. The Balaban J connectivity index is 1.88. The van der Waals surface area contributed by atoms with Crippen LogP contribution in [0.15, 0.2) is 24.3 Å². The van der Waals surface area contributed by atoms with Crippen LogP contribution < -0.4 is 10.1 Å². The first-order valence-corrected chi connectivity index (χ1v) is 6.61. The zero-order valence-electron chi connectivity index (χ0n) is 11.1. The first-order valence-electron chi connectivity index (χ1n) is 6.61. The second-order valence-corrected chi connectivity index (χ2v) is 5.00.